The van der Waals surface area contributed by atoms with Gasteiger partial charge in [-0.15, -0.1) is 24.0 Å². The van der Waals surface area contributed by atoms with Crippen molar-refractivity contribution in [2.45, 2.75) is 57.8 Å². The third-order valence-electron chi connectivity index (χ3n) is 6.86. The fourth-order valence-corrected chi connectivity index (χ4v) is 4.73. The lowest BCUT2D eigenvalue weighted by Crippen LogP contribution is -2.38. The number of hydrogen-bond acceptors (Lipinski definition) is 4. The van der Waals surface area contributed by atoms with Crippen LogP contribution in [0.2, 0.25) is 0 Å². The molecule has 0 aliphatic carbocycles. The Hall–Kier alpha value is -1.84. The normalized spacial score (nSPS) is 18.4. The number of rotatable bonds is 7. The Balaban J connectivity index is 0.00000324. The minimum atomic E-state index is -0.116. The number of anilines is 1. The molecule has 6 nitrogen and oxygen atoms in total. The van der Waals surface area contributed by atoms with Crippen molar-refractivity contribution in [1.82, 2.24) is 15.5 Å². The van der Waals surface area contributed by atoms with Crippen LogP contribution in [0.5, 0.6) is 0 Å². The number of likely N-dealkylation sites (tertiary alicyclic amines) is 1. The SMILES string of the molecule is CN=C(NCc1ccc(CN2CCC(O)CC2)cc1)NC(C)c1cccc(N2CCCC2)c1.I. The van der Waals surface area contributed by atoms with Crippen LogP contribution in [0.1, 0.15) is 55.3 Å². The van der Waals surface area contributed by atoms with E-state index in [1.807, 2.05) is 7.05 Å². The maximum Gasteiger partial charge on any atom is 0.191 e. The monoisotopic (exact) mass is 577 g/mol. The topological polar surface area (TPSA) is 63.1 Å². The second-order valence-corrected chi connectivity index (χ2v) is 9.40. The number of benzene rings is 2. The standard InChI is InChI=1S/C27H39N5O.HI/c1-21(24-6-5-7-25(18-24)32-14-3-4-15-32)30-27(28-2)29-19-22-8-10-23(11-9-22)20-31-16-12-26(33)13-17-31;/h5-11,18,21,26,33H,3-4,12-17,19-20H2,1-2H3,(H2,28,29,30);1H. The quantitative estimate of drug-likeness (QED) is 0.261. The number of aliphatic hydroxyl groups excluding tert-OH is 1. The van der Waals surface area contributed by atoms with Crippen molar-refractivity contribution in [3.05, 3.63) is 65.2 Å². The Morgan fingerprint density at radius 2 is 1.71 bits per heavy atom. The molecule has 3 N–H and O–H groups in total. The first-order valence-corrected chi connectivity index (χ1v) is 12.4. The molecule has 0 aromatic heterocycles. The van der Waals surface area contributed by atoms with E-state index in [9.17, 15) is 5.11 Å². The smallest absolute Gasteiger partial charge is 0.191 e. The highest BCUT2D eigenvalue weighted by Crippen LogP contribution is 2.24. The van der Waals surface area contributed by atoms with Crippen LogP contribution in [0.3, 0.4) is 0 Å². The van der Waals surface area contributed by atoms with Gasteiger partial charge in [0.25, 0.3) is 0 Å². The minimum Gasteiger partial charge on any atom is -0.393 e. The summed E-state index contributed by atoms with van der Waals surface area (Å²) in [6.45, 7) is 8.15. The number of halogens is 1. The lowest BCUT2D eigenvalue weighted by Gasteiger charge is -2.29. The highest BCUT2D eigenvalue weighted by molar-refractivity contribution is 14.0. The molecule has 7 heteroatoms. The number of aliphatic hydroxyl groups is 1. The lowest BCUT2D eigenvalue weighted by atomic mass is 10.1. The van der Waals surface area contributed by atoms with Gasteiger partial charge in [-0.1, -0.05) is 36.4 Å². The summed E-state index contributed by atoms with van der Waals surface area (Å²) in [5.74, 6) is 0.810. The van der Waals surface area contributed by atoms with E-state index in [0.717, 1.165) is 58.1 Å². The maximum absolute atomic E-state index is 9.68. The van der Waals surface area contributed by atoms with Gasteiger partial charge in [-0.3, -0.25) is 9.89 Å². The Bertz CT molecular complexity index is 905. The van der Waals surface area contributed by atoms with E-state index in [1.165, 1.54) is 35.2 Å². The van der Waals surface area contributed by atoms with Gasteiger partial charge in [-0.25, -0.2) is 0 Å². The fourth-order valence-electron chi connectivity index (χ4n) is 4.73. The molecule has 34 heavy (non-hydrogen) atoms. The Kier molecular flexibility index (Phi) is 10.5. The van der Waals surface area contributed by atoms with Crippen molar-refractivity contribution < 1.29 is 5.11 Å². The zero-order valence-electron chi connectivity index (χ0n) is 20.5. The molecule has 2 aromatic carbocycles. The predicted octanol–water partition coefficient (Wildman–Crippen LogP) is 4.29. The molecule has 4 rings (SSSR count). The van der Waals surface area contributed by atoms with Crippen molar-refractivity contribution in [2.24, 2.45) is 4.99 Å². The summed E-state index contributed by atoms with van der Waals surface area (Å²) in [5.41, 5.74) is 5.16. The van der Waals surface area contributed by atoms with E-state index in [0.29, 0.717) is 0 Å². The van der Waals surface area contributed by atoms with Crippen LogP contribution in [0.25, 0.3) is 0 Å². The molecule has 1 atom stereocenters. The van der Waals surface area contributed by atoms with E-state index in [2.05, 4.69) is 80.9 Å². The molecule has 0 spiro atoms. The Labute approximate surface area is 221 Å². The summed E-state index contributed by atoms with van der Waals surface area (Å²) in [7, 11) is 1.82. The summed E-state index contributed by atoms with van der Waals surface area (Å²) in [4.78, 5) is 9.32. The second-order valence-electron chi connectivity index (χ2n) is 9.40. The minimum absolute atomic E-state index is 0. The van der Waals surface area contributed by atoms with E-state index in [1.54, 1.807) is 0 Å². The van der Waals surface area contributed by atoms with Gasteiger partial charge in [-0.2, -0.15) is 0 Å². The Morgan fingerprint density at radius 3 is 2.38 bits per heavy atom. The Morgan fingerprint density at radius 1 is 1.03 bits per heavy atom. The average molecular weight is 578 g/mol. The molecule has 2 aliphatic heterocycles. The largest absolute Gasteiger partial charge is 0.393 e. The molecule has 0 amide bonds. The van der Waals surface area contributed by atoms with E-state index < -0.39 is 0 Å². The zero-order chi connectivity index (χ0) is 23.0. The van der Waals surface area contributed by atoms with Crippen LogP contribution in [-0.4, -0.2) is 55.3 Å². The van der Waals surface area contributed by atoms with Crippen LogP contribution in [0, 0.1) is 0 Å². The number of guanidine groups is 1. The molecule has 0 radical (unpaired) electrons. The molecule has 2 fully saturated rings. The summed E-state index contributed by atoms with van der Waals surface area (Å²) < 4.78 is 0. The van der Waals surface area contributed by atoms with Gasteiger partial charge in [0.1, 0.15) is 0 Å². The number of nitrogens with zero attached hydrogens (tertiary/aromatic N) is 3. The van der Waals surface area contributed by atoms with Gasteiger partial charge < -0.3 is 20.6 Å². The van der Waals surface area contributed by atoms with Gasteiger partial charge in [0, 0.05) is 52.0 Å². The first-order chi connectivity index (χ1) is 16.1. The molecular formula is C27H40IN5O. The molecule has 0 saturated carbocycles. The molecule has 2 saturated heterocycles. The van der Waals surface area contributed by atoms with Crippen molar-refractivity contribution in [1.29, 1.82) is 0 Å². The summed E-state index contributed by atoms with van der Waals surface area (Å²) in [6.07, 6.45) is 4.23. The van der Waals surface area contributed by atoms with Crippen molar-refractivity contribution in [2.75, 3.05) is 38.1 Å². The predicted molar refractivity (Wildman–Crippen MR) is 152 cm³/mol. The summed E-state index contributed by atoms with van der Waals surface area (Å²) >= 11 is 0. The van der Waals surface area contributed by atoms with Crippen LogP contribution in [-0.2, 0) is 13.1 Å². The molecular weight excluding hydrogens is 537 g/mol. The van der Waals surface area contributed by atoms with Crippen molar-refractivity contribution >= 4 is 35.6 Å². The fraction of sp³-hybridized carbons (Fsp3) is 0.519. The molecule has 2 aromatic rings. The van der Waals surface area contributed by atoms with Gasteiger partial charge in [0.2, 0.25) is 0 Å². The van der Waals surface area contributed by atoms with Crippen LogP contribution in [0.4, 0.5) is 5.69 Å². The molecule has 2 aliphatic rings. The van der Waals surface area contributed by atoms with Crippen LogP contribution >= 0.6 is 24.0 Å². The van der Waals surface area contributed by atoms with Gasteiger partial charge >= 0.3 is 0 Å². The second kappa shape index (κ2) is 13.3. The number of aliphatic imine (C=N–C) groups is 1. The van der Waals surface area contributed by atoms with Gasteiger partial charge in [0.15, 0.2) is 5.96 Å². The highest BCUT2D eigenvalue weighted by atomic mass is 127. The van der Waals surface area contributed by atoms with Gasteiger partial charge in [-0.05, 0) is 61.4 Å². The van der Waals surface area contributed by atoms with Crippen molar-refractivity contribution in [3.8, 4) is 0 Å². The maximum atomic E-state index is 9.68. The molecule has 186 valence electrons. The average Bonchev–Trinajstić information content (AvgIpc) is 3.39. The summed E-state index contributed by atoms with van der Waals surface area (Å²) in [6, 6.07) is 17.8. The first-order valence-electron chi connectivity index (χ1n) is 12.4. The zero-order valence-corrected chi connectivity index (χ0v) is 22.9. The molecule has 0 bridgehead atoms. The van der Waals surface area contributed by atoms with E-state index in [-0.39, 0.29) is 36.1 Å². The first kappa shape index (κ1) is 26.8. The third kappa shape index (κ3) is 7.58. The van der Waals surface area contributed by atoms with E-state index in [4.69, 9.17) is 0 Å². The highest BCUT2D eigenvalue weighted by Gasteiger charge is 2.17. The molecule has 1 unspecified atom stereocenters. The van der Waals surface area contributed by atoms with E-state index >= 15 is 0 Å². The molecule has 2 heterocycles. The van der Waals surface area contributed by atoms with Crippen molar-refractivity contribution in [3.63, 3.8) is 0 Å². The van der Waals surface area contributed by atoms with Crippen LogP contribution in [0.15, 0.2) is 53.5 Å². The number of hydrogen-bond donors (Lipinski definition) is 3. The lowest BCUT2D eigenvalue weighted by molar-refractivity contribution is 0.0792. The van der Waals surface area contributed by atoms with Crippen LogP contribution < -0.4 is 15.5 Å². The number of piperidine rings is 1. The number of nitrogens with one attached hydrogen (secondary N) is 2. The van der Waals surface area contributed by atoms with Gasteiger partial charge in [0.05, 0.1) is 12.1 Å². The third-order valence-corrected chi connectivity index (χ3v) is 6.86. The summed E-state index contributed by atoms with van der Waals surface area (Å²) in [5, 5.41) is 16.7.